The number of imide groups is 2. The summed E-state index contributed by atoms with van der Waals surface area (Å²) in [6.45, 7) is 2.28. The van der Waals surface area contributed by atoms with Gasteiger partial charge in [0.25, 0.3) is 11.8 Å². The van der Waals surface area contributed by atoms with Crippen molar-refractivity contribution in [1.82, 2.24) is 5.32 Å². The quantitative estimate of drug-likeness (QED) is 0.650. The highest BCUT2D eigenvalue weighted by Crippen LogP contribution is 2.26. The number of carbonyl (C=O) groups excluding carboxylic acids is 3. The van der Waals surface area contributed by atoms with Crippen molar-refractivity contribution >= 4 is 29.6 Å². The first kappa shape index (κ1) is 18.2. The Bertz CT molecular complexity index is 918. The van der Waals surface area contributed by atoms with Crippen molar-refractivity contribution in [2.75, 3.05) is 18.6 Å². The van der Waals surface area contributed by atoms with E-state index in [1.807, 2.05) is 6.92 Å². The van der Waals surface area contributed by atoms with Crippen LogP contribution in [0.5, 0.6) is 11.5 Å². The van der Waals surface area contributed by atoms with Crippen molar-refractivity contribution in [3.05, 3.63) is 59.7 Å². The van der Waals surface area contributed by atoms with E-state index in [4.69, 9.17) is 9.47 Å². The molecule has 7 heteroatoms. The number of anilines is 1. The molecule has 0 atom stereocenters. The van der Waals surface area contributed by atoms with Crippen molar-refractivity contribution in [3.8, 4) is 11.5 Å². The summed E-state index contributed by atoms with van der Waals surface area (Å²) in [5.41, 5.74) is 0.745. The van der Waals surface area contributed by atoms with Gasteiger partial charge in [-0.05, 0) is 43.3 Å². The van der Waals surface area contributed by atoms with Gasteiger partial charge < -0.3 is 9.47 Å². The van der Waals surface area contributed by atoms with E-state index in [9.17, 15) is 14.4 Å². The second-order valence-electron chi connectivity index (χ2n) is 5.63. The van der Waals surface area contributed by atoms with Gasteiger partial charge in [-0.15, -0.1) is 0 Å². The first-order valence-corrected chi connectivity index (χ1v) is 8.32. The molecule has 0 unspecified atom stereocenters. The lowest BCUT2D eigenvalue weighted by atomic mass is 10.1. The summed E-state index contributed by atoms with van der Waals surface area (Å²) in [4.78, 5) is 38.3. The number of amides is 4. The van der Waals surface area contributed by atoms with Crippen molar-refractivity contribution in [2.24, 2.45) is 0 Å². The Balaban J connectivity index is 1.99. The van der Waals surface area contributed by atoms with Crippen molar-refractivity contribution < 1.29 is 23.9 Å². The number of benzene rings is 2. The van der Waals surface area contributed by atoms with Gasteiger partial charge >= 0.3 is 6.03 Å². The minimum Gasteiger partial charge on any atom is -0.497 e. The Morgan fingerprint density at radius 3 is 2.41 bits per heavy atom. The van der Waals surface area contributed by atoms with Gasteiger partial charge in [0.05, 0.1) is 19.4 Å². The average Bonchev–Trinajstić information content (AvgIpc) is 2.67. The van der Waals surface area contributed by atoms with Crippen LogP contribution in [-0.2, 0) is 9.59 Å². The van der Waals surface area contributed by atoms with E-state index in [0.717, 1.165) is 4.90 Å². The van der Waals surface area contributed by atoms with Gasteiger partial charge in [-0.3, -0.25) is 14.9 Å². The number of hydrogen-bond donors (Lipinski definition) is 1. The van der Waals surface area contributed by atoms with E-state index in [0.29, 0.717) is 29.4 Å². The van der Waals surface area contributed by atoms with Gasteiger partial charge in [0, 0.05) is 5.56 Å². The van der Waals surface area contributed by atoms with Gasteiger partial charge in [-0.25, -0.2) is 9.69 Å². The van der Waals surface area contributed by atoms with Gasteiger partial charge in [-0.1, -0.05) is 18.2 Å². The average molecular weight is 366 g/mol. The molecule has 0 bridgehead atoms. The zero-order valence-corrected chi connectivity index (χ0v) is 14.9. The van der Waals surface area contributed by atoms with Crippen LogP contribution in [-0.4, -0.2) is 31.6 Å². The largest absolute Gasteiger partial charge is 0.497 e. The molecule has 2 aromatic rings. The molecule has 1 N–H and O–H groups in total. The fourth-order valence-electron chi connectivity index (χ4n) is 2.67. The minimum absolute atomic E-state index is 0.155. The van der Waals surface area contributed by atoms with Crippen LogP contribution >= 0.6 is 0 Å². The molecule has 4 amide bonds. The van der Waals surface area contributed by atoms with Crippen LogP contribution in [0.1, 0.15) is 12.5 Å². The first-order valence-electron chi connectivity index (χ1n) is 8.32. The van der Waals surface area contributed by atoms with Crippen LogP contribution in [0, 0.1) is 0 Å². The lowest BCUT2D eigenvalue weighted by Gasteiger charge is -2.26. The van der Waals surface area contributed by atoms with Crippen molar-refractivity contribution in [1.29, 1.82) is 0 Å². The highest BCUT2D eigenvalue weighted by Gasteiger charge is 2.36. The summed E-state index contributed by atoms with van der Waals surface area (Å²) >= 11 is 0. The number of hydrogen-bond acceptors (Lipinski definition) is 5. The van der Waals surface area contributed by atoms with Crippen LogP contribution in [0.2, 0.25) is 0 Å². The predicted molar refractivity (Wildman–Crippen MR) is 99.6 cm³/mol. The number of barbiturate groups is 1. The monoisotopic (exact) mass is 366 g/mol. The SMILES string of the molecule is CCOc1ccccc1/C=C1\C(=O)NC(=O)N(c2ccc(OC)cc2)C1=O. The smallest absolute Gasteiger partial charge is 0.335 e. The molecule has 1 aliphatic rings. The number of ether oxygens (including phenoxy) is 2. The predicted octanol–water partition coefficient (Wildman–Crippen LogP) is 2.76. The Hall–Kier alpha value is -3.61. The van der Waals surface area contributed by atoms with Gasteiger partial charge in [0.2, 0.25) is 0 Å². The Kier molecular flexibility index (Phi) is 5.21. The number of para-hydroxylation sites is 1. The molecule has 0 aliphatic carbocycles. The minimum atomic E-state index is -0.801. The molecule has 138 valence electrons. The lowest BCUT2D eigenvalue weighted by Crippen LogP contribution is -2.54. The van der Waals surface area contributed by atoms with E-state index in [1.165, 1.54) is 13.2 Å². The van der Waals surface area contributed by atoms with E-state index >= 15 is 0 Å². The summed E-state index contributed by atoms with van der Waals surface area (Å²) in [6, 6.07) is 12.6. The number of urea groups is 1. The highest BCUT2D eigenvalue weighted by molar-refractivity contribution is 6.39. The fraction of sp³-hybridized carbons (Fsp3) is 0.150. The second-order valence-corrected chi connectivity index (χ2v) is 5.63. The third-order valence-electron chi connectivity index (χ3n) is 3.95. The topological polar surface area (TPSA) is 84.9 Å². The third-order valence-corrected chi connectivity index (χ3v) is 3.95. The van der Waals surface area contributed by atoms with E-state index in [-0.39, 0.29) is 5.57 Å². The number of rotatable bonds is 5. The number of nitrogens with one attached hydrogen (secondary N) is 1. The Labute approximate surface area is 156 Å². The molecule has 7 nitrogen and oxygen atoms in total. The van der Waals surface area contributed by atoms with Crippen molar-refractivity contribution in [3.63, 3.8) is 0 Å². The summed E-state index contributed by atoms with van der Waals surface area (Å²) < 4.78 is 10.6. The molecule has 1 fully saturated rings. The lowest BCUT2D eigenvalue weighted by molar-refractivity contribution is -0.122. The standard InChI is InChI=1S/C20H18N2O5/c1-3-27-17-7-5-4-6-13(17)12-16-18(23)21-20(25)22(19(16)24)14-8-10-15(26-2)11-9-14/h4-12H,3H2,1-2H3,(H,21,23,25)/b16-12+. The van der Waals surface area contributed by atoms with Gasteiger partial charge in [-0.2, -0.15) is 0 Å². The summed E-state index contributed by atoms with van der Waals surface area (Å²) in [5, 5.41) is 2.20. The molecule has 1 heterocycles. The normalized spacial score (nSPS) is 15.7. The van der Waals surface area contributed by atoms with Crippen LogP contribution in [0.25, 0.3) is 6.08 Å². The third kappa shape index (κ3) is 3.67. The maximum atomic E-state index is 12.9. The number of nitrogens with zero attached hydrogens (tertiary/aromatic N) is 1. The zero-order chi connectivity index (χ0) is 19.4. The van der Waals surface area contributed by atoms with Crippen LogP contribution in [0.15, 0.2) is 54.1 Å². The molecule has 0 radical (unpaired) electrons. The van der Waals surface area contributed by atoms with Crippen LogP contribution in [0.3, 0.4) is 0 Å². The fourth-order valence-corrected chi connectivity index (χ4v) is 2.67. The molecular weight excluding hydrogens is 348 g/mol. The van der Waals surface area contributed by atoms with Gasteiger partial charge in [0.15, 0.2) is 0 Å². The van der Waals surface area contributed by atoms with Crippen molar-refractivity contribution in [2.45, 2.75) is 6.92 Å². The molecule has 1 saturated heterocycles. The van der Waals surface area contributed by atoms with Gasteiger partial charge in [0.1, 0.15) is 17.1 Å². The molecule has 0 saturated carbocycles. The molecule has 0 spiro atoms. The zero-order valence-electron chi connectivity index (χ0n) is 14.9. The maximum absolute atomic E-state index is 12.9. The molecule has 27 heavy (non-hydrogen) atoms. The van der Waals surface area contributed by atoms with Crippen LogP contribution in [0.4, 0.5) is 10.5 Å². The molecule has 0 aromatic heterocycles. The first-order chi connectivity index (χ1) is 13.0. The molecule has 3 rings (SSSR count). The highest BCUT2D eigenvalue weighted by atomic mass is 16.5. The maximum Gasteiger partial charge on any atom is 0.335 e. The molecule has 2 aromatic carbocycles. The van der Waals surface area contributed by atoms with E-state index in [2.05, 4.69) is 5.32 Å². The molecular formula is C20H18N2O5. The Morgan fingerprint density at radius 1 is 1.04 bits per heavy atom. The van der Waals surface area contributed by atoms with E-state index < -0.39 is 17.8 Å². The second kappa shape index (κ2) is 7.74. The number of methoxy groups -OCH3 is 1. The summed E-state index contributed by atoms with van der Waals surface area (Å²) in [6.07, 6.45) is 1.42. The Morgan fingerprint density at radius 2 is 1.74 bits per heavy atom. The van der Waals surface area contributed by atoms with Crippen LogP contribution < -0.4 is 19.7 Å². The number of carbonyl (C=O) groups is 3. The molecule has 1 aliphatic heterocycles. The summed E-state index contributed by atoms with van der Waals surface area (Å²) in [7, 11) is 1.52. The van der Waals surface area contributed by atoms with E-state index in [1.54, 1.807) is 48.5 Å². The summed E-state index contributed by atoms with van der Waals surface area (Å²) in [5.74, 6) is -0.330.